The molecule has 5 aromatic rings. The van der Waals surface area contributed by atoms with Crippen molar-refractivity contribution in [3.63, 3.8) is 0 Å². The Bertz CT molecular complexity index is 1530. The summed E-state index contributed by atoms with van der Waals surface area (Å²) in [5.74, 6) is 0. The number of nitrogens with two attached hydrogens (primary N) is 1. The lowest BCUT2D eigenvalue weighted by atomic mass is 10.1. The molecule has 0 radical (unpaired) electrons. The van der Waals surface area contributed by atoms with Gasteiger partial charge in [0.1, 0.15) is 3.70 Å². The number of hydrogen-bond acceptors (Lipinski definition) is 4. The number of aromatic nitrogens is 4. The first-order valence-corrected chi connectivity index (χ1v) is 11.0. The Morgan fingerprint density at radius 1 is 1.00 bits per heavy atom. The van der Waals surface area contributed by atoms with Crippen molar-refractivity contribution in [3.05, 3.63) is 91.8 Å². The van der Waals surface area contributed by atoms with Gasteiger partial charge in [0.25, 0.3) is 5.56 Å². The standard InChI is InChI=1S/C24H20IN5O/c1-14-6-3-4-9-19(14)30-17(10-16-8-5-7-15(2)21(16)24(30)31)13-29-20-12-27-11-18(26)22(20)23(25)28-29/h3-12H,13,26H2,1-2H3. The first kappa shape index (κ1) is 19.7. The van der Waals surface area contributed by atoms with Crippen LogP contribution in [-0.2, 0) is 6.54 Å². The maximum atomic E-state index is 13.7. The molecular weight excluding hydrogens is 501 g/mol. The molecule has 0 spiro atoms. The fourth-order valence-corrected chi connectivity index (χ4v) is 5.00. The lowest BCUT2D eigenvalue weighted by molar-refractivity contribution is 0.670. The minimum atomic E-state index is -0.0244. The lowest BCUT2D eigenvalue weighted by Crippen LogP contribution is -2.25. The molecule has 31 heavy (non-hydrogen) atoms. The van der Waals surface area contributed by atoms with Gasteiger partial charge in [-0.15, -0.1) is 0 Å². The molecule has 7 heteroatoms. The van der Waals surface area contributed by atoms with E-state index < -0.39 is 0 Å². The molecule has 0 saturated heterocycles. The van der Waals surface area contributed by atoms with Gasteiger partial charge >= 0.3 is 0 Å². The van der Waals surface area contributed by atoms with E-state index in [1.807, 2.05) is 65.6 Å². The van der Waals surface area contributed by atoms with Crippen LogP contribution >= 0.6 is 22.6 Å². The average molecular weight is 521 g/mol. The largest absolute Gasteiger partial charge is 0.397 e. The van der Waals surface area contributed by atoms with Crippen LogP contribution in [0.1, 0.15) is 16.8 Å². The zero-order chi connectivity index (χ0) is 21.7. The van der Waals surface area contributed by atoms with Gasteiger partial charge in [-0.1, -0.05) is 36.4 Å². The molecule has 6 nitrogen and oxygen atoms in total. The molecule has 2 N–H and O–H groups in total. The van der Waals surface area contributed by atoms with Gasteiger partial charge in [0.15, 0.2) is 0 Å². The topological polar surface area (TPSA) is 78.7 Å². The summed E-state index contributed by atoms with van der Waals surface area (Å²) in [5, 5.41) is 7.25. The van der Waals surface area contributed by atoms with Crippen LogP contribution in [0.3, 0.4) is 0 Å². The Labute approximate surface area is 192 Å². The number of hydrogen-bond donors (Lipinski definition) is 1. The van der Waals surface area contributed by atoms with Crippen LogP contribution in [-0.4, -0.2) is 19.3 Å². The number of nitrogen functional groups attached to an aromatic ring is 1. The van der Waals surface area contributed by atoms with Gasteiger partial charge in [-0.3, -0.25) is 19.0 Å². The first-order chi connectivity index (χ1) is 15.0. The minimum absolute atomic E-state index is 0.0244. The molecule has 2 aromatic carbocycles. The zero-order valence-corrected chi connectivity index (χ0v) is 19.3. The number of aryl methyl sites for hydroxylation is 2. The van der Waals surface area contributed by atoms with E-state index in [1.54, 1.807) is 12.4 Å². The smallest absolute Gasteiger partial charge is 0.263 e. The van der Waals surface area contributed by atoms with Crippen molar-refractivity contribution in [2.24, 2.45) is 0 Å². The highest BCUT2D eigenvalue weighted by Gasteiger charge is 2.17. The number of benzene rings is 2. The van der Waals surface area contributed by atoms with Gasteiger partial charge in [0.05, 0.1) is 46.6 Å². The third-order valence-corrected chi connectivity index (χ3v) is 6.40. The molecule has 154 valence electrons. The molecule has 0 aliphatic carbocycles. The van der Waals surface area contributed by atoms with Crippen LogP contribution in [0.5, 0.6) is 0 Å². The first-order valence-electron chi connectivity index (χ1n) is 9.91. The molecule has 3 heterocycles. The van der Waals surface area contributed by atoms with Crippen LogP contribution < -0.4 is 11.3 Å². The second kappa shape index (κ2) is 7.49. The van der Waals surface area contributed by atoms with E-state index in [-0.39, 0.29) is 5.56 Å². The van der Waals surface area contributed by atoms with E-state index >= 15 is 0 Å². The number of para-hydroxylation sites is 1. The highest BCUT2D eigenvalue weighted by atomic mass is 127. The van der Waals surface area contributed by atoms with Crippen molar-refractivity contribution in [1.82, 2.24) is 19.3 Å². The molecule has 0 fully saturated rings. The second-order valence-electron chi connectivity index (χ2n) is 7.67. The third kappa shape index (κ3) is 3.20. The normalized spacial score (nSPS) is 11.5. The molecule has 0 atom stereocenters. The van der Waals surface area contributed by atoms with Crippen molar-refractivity contribution in [2.75, 3.05) is 5.73 Å². The number of rotatable bonds is 3. The van der Waals surface area contributed by atoms with E-state index in [2.05, 4.69) is 33.6 Å². The summed E-state index contributed by atoms with van der Waals surface area (Å²) in [7, 11) is 0. The Morgan fingerprint density at radius 2 is 1.77 bits per heavy atom. The third-order valence-electron chi connectivity index (χ3n) is 5.65. The Kier molecular flexibility index (Phi) is 4.77. The lowest BCUT2D eigenvalue weighted by Gasteiger charge is -2.17. The second-order valence-corrected chi connectivity index (χ2v) is 8.69. The van der Waals surface area contributed by atoms with E-state index in [0.29, 0.717) is 12.2 Å². The van der Waals surface area contributed by atoms with Gasteiger partial charge in [-0.25, -0.2) is 0 Å². The molecule has 0 unspecified atom stereocenters. The number of halogens is 1. The summed E-state index contributed by atoms with van der Waals surface area (Å²) >= 11 is 2.19. The predicted molar refractivity (Wildman–Crippen MR) is 133 cm³/mol. The summed E-state index contributed by atoms with van der Waals surface area (Å²) < 4.78 is 4.49. The van der Waals surface area contributed by atoms with Crippen molar-refractivity contribution < 1.29 is 0 Å². The van der Waals surface area contributed by atoms with Crippen LogP contribution in [0, 0.1) is 17.5 Å². The predicted octanol–water partition coefficient (Wildman–Crippen LogP) is 4.59. The van der Waals surface area contributed by atoms with Gasteiger partial charge in [-0.2, -0.15) is 5.10 Å². The highest BCUT2D eigenvalue weighted by Crippen LogP contribution is 2.27. The number of anilines is 1. The maximum absolute atomic E-state index is 13.7. The van der Waals surface area contributed by atoms with E-state index in [0.717, 1.165) is 47.9 Å². The summed E-state index contributed by atoms with van der Waals surface area (Å²) in [6.45, 7) is 4.41. The van der Waals surface area contributed by atoms with Gasteiger partial charge in [-0.05, 0) is 65.1 Å². The van der Waals surface area contributed by atoms with Crippen molar-refractivity contribution >= 4 is 50.0 Å². The fraction of sp³-hybridized carbons (Fsp3) is 0.125. The van der Waals surface area contributed by atoms with Gasteiger partial charge in [0, 0.05) is 5.69 Å². The van der Waals surface area contributed by atoms with Crippen LogP contribution in [0.4, 0.5) is 5.69 Å². The summed E-state index contributed by atoms with van der Waals surface area (Å²) in [6.07, 6.45) is 3.40. The quantitative estimate of drug-likeness (QED) is 0.353. The zero-order valence-electron chi connectivity index (χ0n) is 17.1. The summed E-state index contributed by atoms with van der Waals surface area (Å²) in [6, 6.07) is 16.0. The van der Waals surface area contributed by atoms with Crippen molar-refractivity contribution in [2.45, 2.75) is 20.4 Å². The monoisotopic (exact) mass is 521 g/mol. The van der Waals surface area contributed by atoms with Crippen LogP contribution in [0.25, 0.3) is 27.4 Å². The molecule has 3 aromatic heterocycles. The molecule has 0 aliphatic rings. The maximum Gasteiger partial charge on any atom is 0.263 e. The Balaban J connectivity index is 1.82. The summed E-state index contributed by atoms with van der Waals surface area (Å²) in [5.41, 5.74) is 11.3. The summed E-state index contributed by atoms with van der Waals surface area (Å²) in [4.78, 5) is 18.0. The SMILES string of the molecule is Cc1ccccc1-n1c(Cn2nc(I)c3c(N)cncc32)cc2cccc(C)c2c1=O. The van der Waals surface area contributed by atoms with Crippen molar-refractivity contribution in [1.29, 1.82) is 0 Å². The molecule has 0 amide bonds. The molecular formula is C24H20IN5O. The minimum Gasteiger partial charge on any atom is -0.397 e. The van der Waals surface area contributed by atoms with Gasteiger partial charge < -0.3 is 5.73 Å². The molecule has 0 saturated carbocycles. The molecule has 5 rings (SSSR count). The van der Waals surface area contributed by atoms with E-state index in [1.165, 1.54) is 0 Å². The van der Waals surface area contributed by atoms with E-state index in [9.17, 15) is 4.79 Å². The van der Waals surface area contributed by atoms with Crippen molar-refractivity contribution in [3.8, 4) is 5.69 Å². The number of pyridine rings is 2. The fourth-order valence-electron chi connectivity index (χ4n) is 4.15. The number of fused-ring (bicyclic) bond motifs is 2. The molecule has 0 bridgehead atoms. The highest BCUT2D eigenvalue weighted by molar-refractivity contribution is 14.1. The Hall–Kier alpha value is -3.20. The average Bonchev–Trinajstić information content (AvgIpc) is 3.05. The van der Waals surface area contributed by atoms with Gasteiger partial charge in [0.2, 0.25) is 0 Å². The molecule has 0 aliphatic heterocycles. The van der Waals surface area contributed by atoms with Crippen LogP contribution in [0.15, 0.2) is 65.7 Å². The Morgan fingerprint density at radius 3 is 2.58 bits per heavy atom. The van der Waals surface area contributed by atoms with Crippen LogP contribution in [0.2, 0.25) is 0 Å². The van der Waals surface area contributed by atoms with E-state index in [4.69, 9.17) is 10.8 Å². The number of nitrogens with zero attached hydrogens (tertiary/aromatic N) is 4.